The first-order valence-corrected chi connectivity index (χ1v) is 5.10. The zero-order valence-electron chi connectivity index (χ0n) is 9.49. The zero-order valence-corrected chi connectivity index (χ0v) is 9.49. The maximum absolute atomic E-state index is 11.3. The Kier molecular flexibility index (Phi) is 6.42. The second kappa shape index (κ2) is 7.04. The van der Waals surface area contributed by atoms with Crippen LogP contribution in [0.5, 0.6) is 0 Å². The quantitative estimate of drug-likeness (QED) is 0.658. The van der Waals surface area contributed by atoms with E-state index in [0.29, 0.717) is 12.8 Å². The van der Waals surface area contributed by atoms with E-state index in [9.17, 15) is 9.59 Å². The van der Waals surface area contributed by atoms with Crippen LogP contribution in [-0.2, 0) is 9.59 Å². The van der Waals surface area contributed by atoms with Crippen LogP contribution in [0.25, 0.3) is 0 Å². The fraction of sp³-hybridized carbons (Fsp3) is 0.636. The first kappa shape index (κ1) is 13.7. The topological polar surface area (TPSA) is 66.4 Å². The molecule has 0 bridgehead atoms. The summed E-state index contributed by atoms with van der Waals surface area (Å²) in [5.41, 5.74) is 0. The van der Waals surface area contributed by atoms with Crippen molar-refractivity contribution in [3.63, 3.8) is 0 Å². The van der Waals surface area contributed by atoms with E-state index >= 15 is 0 Å². The predicted octanol–water partition coefficient (Wildman–Crippen LogP) is 1.57. The van der Waals surface area contributed by atoms with Crippen molar-refractivity contribution in [2.75, 3.05) is 0 Å². The van der Waals surface area contributed by atoms with Crippen LogP contribution < -0.4 is 5.32 Å². The highest BCUT2D eigenvalue weighted by molar-refractivity contribution is 5.83. The molecule has 2 N–H and O–H groups in total. The summed E-state index contributed by atoms with van der Waals surface area (Å²) >= 11 is 0. The Morgan fingerprint density at radius 2 is 2.00 bits per heavy atom. The monoisotopic (exact) mass is 213 g/mol. The molecule has 0 saturated heterocycles. The van der Waals surface area contributed by atoms with Gasteiger partial charge >= 0.3 is 5.97 Å². The Balaban J connectivity index is 4.16. The van der Waals surface area contributed by atoms with Gasteiger partial charge in [-0.05, 0) is 19.3 Å². The summed E-state index contributed by atoms with van der Waals surface area (Å²) in [6, 6.07) is -0.813. The minimum atomic E-state index is -0.995. The summed E-state index contributed by atoms with van der Waals surface area (Å²) in [7, 11) is 0. The highest BCUT2D eigenvalue weighted by Crippen LogP contribution is 2.01. The molecule has 0 heterocycles. The van der Waals surface area contributed by atoms with Gasteiger partial charge in [0.2, 0.25) is 5.91 Å². The number of amides is 1. The van der Waals surface area contributed by atoms with Gasteiger partial charge in [0.25, 0.3) is 0 Å². The van der Waals surface area contributed by atoms with Crippen molar-refractivity contribution in [3.8, 4) is 0 Å². The minimum Gasteiger partial charge on any atom is -0.480 e. The van der Waals surface area contributed by atoms with Gasteiger partial charge in [-0.1, -0.05) is 26.0 Å². The summed E-state index contributed by atoms with van der Waals surface area (Å²) in [4.78, 5) is 22.1. The summed E-state index contributed by atoms with van der Waals surface area (Å²) in [5.74, 6) is -0.965. The Morgan fingerprint density at radius 1 is 1.40 bits per heavy atom. The van der Waals surface area contributed by atoms with Gasteiger partial charge in [-0.25, -0.2) is 4.79 Å². The molecular formula is C11H19NO3. The summed E-state index contributed by atoms with van der Waals surface area (Å²) in [5, 5.41) is 11.3. The third-order valence-electron chi connectivity index (χ3n) is 1.83. The van der Waals surface area contributed by atoms with E-state index in [1.54, 1.807) is 12.2 Å². The molecule has 4 heteroatoms. The van der Waals surface area contributed by atoms with Crippen LogP contribution >= 0.6 is 0 Å². The van der Waals surface area contributed by atoms with Gasteiger partial charge in [-0.3, -0.25) is 4.79 Å². The number of nitrogens with one attached hydrogen (secondary N) is 1. The zero-order chi connectivity index (χ0) is 11.8. The van der Waals surface area contributed by atoms with E-state index in [0.717, 1.165) is 0 Å². The van der Waals surface area contributed by atoms with Crippen molar-refractivity contribution < 1.29 is 14.7 Å². The number of carboxylic acids is 1. The molecule has 86 valence electrons. The minimum absolute atomic E-state index is 0.207. The van der Waals surface area contributed by atoms with E-state index < -0.39 is 12.0 Å². The standard InChI is InChI=1S/C11H19NO3/c1-4-5-6-9(11(14)15)12-10(13)7-8(2)3/h4-5,8-9H,6-7H2,1-3H3,(H,12,13)(H,14,15)/b5-4+. The van der Waals surface area contributed by atoms with Gasteiger partial charge in [0, 0.05) is 6.42 Å². The van der Waals surface area contributed by atoms with Gasteiger partial charge in [0.05, 0.1) is 0 Å². The summed E-state index contributed by atoms with van der Waals surface area (Å²) < 4.78 is 0. The van der Waals surface area contributed by atoms with Crippen LogP contribution in [0.1, 0.15) is 33.6 Å². The van der Waals surface area contributed by atoms with E-state index in [2.05, 4.69) is 5.32 Å². The van der Waals surface area contributed by atoms with Crippen LogP contribution in [0, 0.1) is 5.92 Å². The van der Waals surface area contributed by atoms with Crippen molar-refractivity contribution in [1.82, 2.24) is 5.32 Å². The van der Waals surface area contributed by atoms with Gasteiger partial charge in [-0.2, -0.15) is 0 Å². The molecule has 1 atom stereocenters. The summed E-state index contributed by atoms with van der Waals surface area (Å²) in [6.07, 6.45) is 4.19. The number of hydrogen-bond acceptors (Lipinski definition) is 2. The van der Waals surface area contributed by atoms with Crippen LogP contribution in [0.3, 0.4) is 0 Å². The van der Waals surface area contributed by atoms with Crippen molar-refractivity contribution >= 4 is 11.9 Å². The highest BCUT2D eigenvalue weighted by atomic mass is 16.4. The molecule has 0 spiro atoms. The molecule has 0 fully saturated rings. The lowest BCUT2D eigenvalue weighted by molar-refractivity contribution is -0.141. The van der Waals surface area contributed by atoms with E-state index in [-0.39, 0.29) is 11.8 Å². The lowest BCUT2D eigenvalue weighted by atomic mass is 10.1. The Hall–Kier alpha value is -1.32. The number of carbonyl (C=O) groups excluding carboxylic acids is 1. The maximum Gasteiger partial charge on any atom is 0.326 e. The number of aliphatic carboxylic acids is 1. The molecule has 1 amide bonds. The third kappa shape index (κ3) is 6.71. The largest absolute Gasteiger partial charge is 0.480 e. The van der Waals surface area contributed by atoms with Gasteiger partial charge < -0.3 is 10.4 Å². The second-order valence-electron chi connectivity index (χ2n) is 3.86. The molecule has 0 aromatic heterocycles. The molecule has 1 unspecified atom stereocenters. The molecule has 0 aliphatic heterocycles. The fourth-order valence-corrected chi connectivity index (χ4v) is 1.12. The molecule has 0 saturated carbocycles. The average molecular weight is 213 g/mol. The van der Waals surface area contributed by atoms with Gasteiger partial charge in [0.1, 0.15) is 6.04 Å². The van der Waals surface area contributed by atoms with Gasteiger partial charge in [-0.15, -0.1) is 0 Å². The Bertz CT molecular complexity index is 246. The smallest absolute Gasteiger partial charge is 0.326 e. The molecule has 0 aliphatic rings. The Morgan fingerprint density at radius 3 is 2.40 bits per heavy atom. The summed E-state index contributed by atoms with van der Waals surface area (Å²) in [6.45, 7) is 5.65. The molecule has 0 aliphatic carbocycles. The van der Waals surface area contributed by atoms with E-state index in [1.807, 2.05) is 20.8 Å². The fourth-order valence-electron chi connectivity index (χ4n) is 1.12. The van der Waals surface area contributed by atoms with Crippen LogP contribution in [0.2, 0.25) is 0 Å². The van der Waals surface area contributed by atoms with Gasteiger partial charge in [0.15, 0.2) is 0 Å². The van der Waals surface area contributed by atoms with Crippen molar-refractivity contribution in [2.45, 2.75) is 39.7 Å². The maximum atomic E-state index is 11.3. The van der Waals surface area contributed by atoms with E-state index in [1.165, 1.54) is 0 Å². The first-order chi connectivity index (χ1) is 6.97. The Labute approximate surface area is 90.4 Å². The number of hydrogen-bond donors (Lipinski definition) is 2. The molecule has 0 rings (SSSR count). The molecular weight excluding hydrogens is 194 g/mol. The number of rotatable bonds is 6. The van der Waals surface area contributed by atoms with Crippen molar-refractivity contribution in [3.05, 3.63) is 12.2 Å². The molecule has 4 nitrogen and oxygen atoms in total. The lowest BCUT2D eigenvalue weighted by Crippen LogP contribution is -2.40. The highest BCUT2D eigenvalue weighted by Gasteiger charge is 2.18. The average Bonchev–Trinajstić information content (AvgIpc) is 2.10. The van der Waals surface area contributed by atoms with Crippen LogP contribution in [-0.4, -0.2) is 23.0 Å². The van der Waals surface area contributed by atoms with Crippen LogP contribution in [0.4, 0.5) is 0 Å². The lowest BCUT2D eigenvalue weighted by Gasteiger charge is -2.13. The SMILES string of the molecule is C/C=C/CC(NC(=O)CC(C)C)C(=O)O. The number of allylic oxidation sites excluding steroid dienone is 1. The molecule has 0 aromatic rings. The number of carbonyl (C=O) groups is 2. The van der Waals surface area contributed by atoms with Crippen LogP contribution in [0.15, 0.2) is 12.2 Å². The van der Waals surface area contributed by atoms with Crippen molar-refractivity contribution in [1.29, 1.82) is 0 Å². The third-order valence-corrected chi connectivity index (χ3v) is 1.83. The normalized spacial score (nSPS) is 13.1. The number of carboxylic acid groups (broad SMARTS) is 1. The first-order valence-electron chi connectivity index (χ1n) is 5.10. The van der Waals surface area contributed by atoms with E-state index in [4.69, 9.17) is 5.11 Å². The second-order valence-corrected chi connectivity index (χ2v) is 3.86. The molecule has 0 radical (unpaired) electrons. The molecule has 15 heavy (non-hydrogen) atoms. The van der Waals surface area contributed by atoms with Crippen molar-refractivity contribution in [2.24, 2.45) is 5.92 Å². The molecule has 0 aromatic carbocycles. The predicted molar refractivity (Wildman–Crippen MR) is 58.5 cm³/mol.